The molecule has 1 unspecified atom stereocenters. The van der Waals surface area contributed by atoms with Crippen LogP contribution < -0.4 is 5.32 Å². The first-order valence-corrected chi connectivity index (χ1v) is 11.4. The second kappa shape index (κ2) is 6.71. The van der Waals surface area contributed by atoms with Crippen molar-refractivity contribution in [2.75, 3.05) is 0 Å². The Bertz CT molecular complexity index is 774. The van der Waals surface area contributed by atoms with Crippen molar-refractivity contribution in [2.24, 2.45) is 34.5 Å². The highest BCUT2D eigenvalue weighted by Gasteiger charge is 2.59. The molecule has 3 saturated carbocycles. The van der Waals surface area contributed by atoms with Crippen LogP contribution in [0.5, 0.6) is 0 Å². The molecule has 0 radical (unpaired) electrons. The number of aromatic nitrogens is 1. The highest BCUT2D eigenvalue weighted by Crippen LogP contribution is 2.65. The summed E-state index contributed by atoms with van der Waals surface area (Å²) in [4.78, 5) is 16.2. The fourth-order valence-corrected chi connectivity index (χ4v) is 7.76. The monoisotopic (exact) mass is 378 g/mol. The Balaban J connectivity index is 1.37. The zero-order chi connectivity index (χ0) is 19.4. The van der Waals surface area contributed by atoms with Crippen LogP contribution in [0.15, 0.2) is 30.6 Å². The number of hydrogen-bond acceptors (Lipinski definition) is 2. The molecule has 4 aliphatic rings. The molecule has 7 atom stereocenters. The third-order valence-electron chi connectivity index (χ3n) is 9.37. The van der Waals surface area contributed by atoms with Crippen molar-refractivity contribution >= 4 is 12.0 Å². The summed E-state index contributed by atoms with van der Waals surface area (Å²) in [5.41, 5.74) is 1.98. The summed E-state index contributed by atoms with van der Waals surface area (Å²) < 4.78 is 0. The Labute approximate surface area is 169 Å². The Hall–Kier alpha value is -1.64. The molecule has 3 nitrogen and oxygen atoms in total. The summed E-state index contributed by atoms with van der Waals surface area (Å²) >= 11 is 0. The Morgan fingerprint density at radius 1 is 1.07 bits per heavy atom. The standard InChI is InChI=1S/C25H34N2O/c1-24-13-11-21-19(8-10-22-25(21,2)14-12-23(28)27-22)20(24)9-7-18(24)6-5-17-4-3-15-26-16-17/h3-6,15-16,18-22H,7-14H2,1-2H3,(H,27,28)/b6-5+/t18-,19-,20-,21-,22?,24+,25+/m0/s1. The van der Waals surface area contributed by atoms with Gasteiger partial charge in [0.2, 0.25) is 5.91 Å². The summed E-state index contributed by atoms with van der Waals surface area (Å²) in [6.45, 7) is 5.07. The van der Waals surface area contributed by atoms with E-state index in [0.29, 0.717) is 22.8 Å². The lowest BCUT2D eigenvalue weighted by Gasteiger charge is -2.60. The summed E-state index contributed by atoms with van der Waals surface area (Å²) in [5.74, 6) is 3.47. The lowest BCUT2D eigenvalue weighted by Crippen LogP contribution is -2.61. The van der Waals surface area contributed by atoms with Gasteiger partial charge < -0.3 is 5.32 Å². The van der Waals surface area contributed by atoms with E-state index in [2.05, 4.69) is 42.4 Å². The van der Waals surface area contributed by atoms with E-state index in [1.165, 1.54) is 44.1 Å². The van der Waals surface area contributed by atoms with Gasteiger partial charge in [-0.15, -0.1) is 0 Å². The molecule has 1 aromatic heterocycles. The van der Waals surface area contributed by atoms with Crippen LogP contribution in [0.25, 0.3) is 6.08 Å². The molecule has 1 saturated heterocycles. The van der Waals surface area contributed by atoms with Crippen molar-refractivity contribution in [3.05, 3.63) is 36.2 Å². The molecule has 1 N–H and O–H groups in total. The fraction of sp³-hybridized carbons (Fsp3) is 0.680. The molecular formula is C25H34N2O. The molecule has 1 aliphatic heterocycles. The average Bonchev–Trinajstić information content (AvgIpc) is 3.04. The molecule has 0 spiro atoms. The van der Waals surface area contributed by atoms with Gasteiger partial charge >= 0.3 is 0 Å². The molecule has 1 amide bonds. The first kappa shape index (κ1) is 18.4. The van der Waals surface area contributed by atoms with E-state index in [4.69, 9.17) is 0 Å². The molecule has 0 aromatic carbocycles. The molecule has 4 fully saturated rings. The lowest BCUT2D eigenvalue weighted by atomic mass is 9.47. The zero-order valence-electron chi connectivity index (χ0n) is 17.4. The molecule has 0 bridgehead atoms. The third-order valence-corrected chi connectivity index (χ3v) is 9.37. The maximum absolute atomic E-state index is 12.0. The van der Waals surface area contributed by atoms with E-state index in [1.54, 1.807) is 0 Å². The summed E-state index contributed by atoms with van der Waals surface area (Å²) in [6, 6.07) is 4.59. The van der Waals surface area contributed by atoms with Crippen LogP contribution in [0.3, 0.4) is 0 Å². The van der Waals surface area contributed by atoms with Crippen molar-refractivity contribution in [3.63, 3.8) is 0 Å². The van der Waals surface area contributed by atoms with Gasteiger partial charge in [-0.3, -0.25) is 9.78 Å². The van der Waals surface area contributed by atoms with Crippen molar-refractivity contribution < 1.29 is 4.79 Å². The van der Waals surface area contributed by atoms with Crippen LogP contribution >= 0.6 is 0 Å². The number of allylic oxidation sites excluding steroid dienone is 1. The fourth-order valence-electron chi connectivity index (χ4n) is 7.76. The molecule has 2 heterocycles. The molecule has 150 valence electrons. The highest BCUT2D eigenvalue weighted by molar-refractivity contribution is 5.77. The predicted octanol–water partition coefficient (Wildman–Crippen LogP) is 5.23. The van der Waals surface area contributed by atoms with Crippen molar-refractivity contribution in [2.45, 2.75) is 71.3 Å². The van der Waals surface area contributed by atoms with E-state index in [1.807, 2.05) is 18.5 Å². The largest absolute Gasteiger partial charge is 0.353 e. The number of rotatable bonds is 2. The van der Waals surface area contributed by atoms with Crippen LogP contribution in [-0.2, 0) is 4.79 Å². The zero-order valence-corrected chi connectivity index (χ0v) is 17.4. The minimum Gasteiger partial charge on any atom is -0.353 e. The summed E-state index contributed by atoms with van der Waals surface area (Å²) in [6.07, 6.45) is 18.3. The van der Waals surface area contributed by atoms with Gasteiger partial charge in [0.1, 0.15) is 0 Å². The number of amides is 1. The van der Waals surface area contributed by atoms with E-state index in [9.17, 15) is 4.79 Å². The number of nitrogens with zero attached hydrogens (tertiary/aromatic N) is 1. The van der Waals surface area contributed by atoms with Gasteiger partial charge in [0.15, 0.2) is 0 Å². The number of fused-ring (bicyclic) bond motifs is 5. The number of carbonyl (C=O) groups is 1. The number of carbonyl (C=O) groups excluding carboxylic acids is 1. The van der Waals surface area contributed by atoms with Crippen LogP contribution in [0.2, 0.25) is 0 Å². The number of hydrogen-bond donors (Lipinski definition) is 1. The Kier molecular flexibility index (Phi) is 4.41. The Morgan fingerprint density at radius 3 is 2.75 bits per heavy atom. The summed E-state index contributed by atoms with van der Waals surface area (Å²) in [5, 5.41) is 3.35. The van der Waals surface area contributed by atoms with Gasteiger partial charge in [-0.1, -0.05) is 32.1 Å². The van der Waals surface area contributed by atoms with E-state index in [0.717, 1.165) is 30.6 Å². The van der Waals surface area contributed by atoms with E-state index in [-0.39, 0.29) is 5.91 Å². The molecule has 28 heavy (non-hydrogen) atoms. The second-order valence-corrected chi connectivity index (χ2v) is 10.5. The van der Waals surface area contributed by atoms with Gasteiger partial charge in [0, 0.05) is 24.9 Å². The molecular weight excluding hydrogens is 344 g/mol. The van der Waals surface area contributed by atoms with Crippen LogP contribution in [-0.4, -0.2) is 16.9 Å². The average molecular weight is 379 g/mol. The van der Waals surface area contributed by atoms with Gasteiger partial charge in [-0.05, 0) is 91.1 Å². The molecule has 5 rings (SSSR count). The van der Waals surface area contributed by atoms with Crippen molar-refractivity contribution in [1.82, 2.24) is 10.3 Å². The summed E-state index contributed by atoms with van der Waals surface area (Å²) in [7, 11) is 0. The number of piperidine rings is 1. The van der Waals surface area contributed by atoms with Gasteiger partial charge in [-0.2, -0.15) is 0 Å². The lowest BCUT2D eigenvalue weighted by molar-refractivity contribution is -0.136. The number of pyridine rings is 1. The Morgan fingerprint density at radius 2 is 1.93 bits per heavy atom. The van der Waals surface area contributed by atoms with E-state index < -0.39 is 0 Å². The quantitative estimate of drug-likeness (QED) is 0.765. The minimum absolute atomic E-state index is 0.281. The molecule has 3 heteroatoms. The maximum atomic E-state index is 12.0. The first-order chi connectivity index (χ1) is 13.5. The van der Waals surface area contributed by atoms with Gasteiger partial charge in [0.05, 0.1) is 0 Å². The molecule has 1 aromatic rings. The SMILES string of the molecule is C[C@]12CC[C@H]3[C@@H](CCC4NC(=O)CC[C@@]43C)[C@@H]1CC[C@@H]2/C=C/c1cccnc1. The van der Waals surface area contributed by atoms with Crippen LogP contribution in [0, 0.1) is 34.5 Å². The van der Waals surface area contributed by atoms with E-state index >= 15 is 0 Å². The normalized spacial score (nSPS) is 45.2. The smallest absolute Gasteiger partial charge is 0.220 e. The third kappa shape index (κ3) is 2.76. The highest BCUT2D eigenvalue weighted by atomic mass is 16.1. The van der Waals surface area contributed by atoms with Gasteiger partial charge in [0.25, 0.3) is 0 Å². The predicted molar refractivity (Wildman–Crippen MR) is 112 cm³/mol. The second-order valence-electron chi connectivity index (χ2n) is 10.5. The molecule has 3 aliphatic carbocycles. The first-order valence-electron chi connectivity index (χ1n) is 11.4. The topological polar surface area (TPSA) is 42.0 Å². The van der Waals surface area contributed by atoms with Gasteiger partial charge in [-0.25, -0.2) is 0 Å². The van der Waals surface area contributed by atoms with Crippen LogP contribution in [0.1, 0.15) is 70.8 Å². The van der Waals surface area contributed by atoms with Crippen molar-refractivity contribution in [1.29, 1.82) is 0 Å². The van der Waals surface area contributed by atoms with Crippen LogP contribution in [0.4, 0.5) is 0 Å². The maximum Gasteiger partial charge on any atom is 0.220 e. The minimum atomic E-state index is 0.281. The van der Waals surface area contributed by atoms with Crippen molar-refractivity contribution in [3.8, 4) is 0 Å². The number of nitrogens with one attached hydrogen (secondary N) is 1.